The molecule has 0 aromatic heterocycles. The Morgan fingerprint density at radius 1 is 0.957 bits per heavy atom. The molecule has 0 aromatic rings. The van der Waals surface area contributed by atoms with Crippen LogP contribution in [0.25, 0.3) is 11.1 Å². The van der Waals surface area contributed by atoms with Crippen molar-refractivity contribution in [3.05, 3.63) is 41.5 Å². The fraction of sp³-hybridized carbons (Fsp3) is 0.524. The van der Waals surface area contributed by atoms with Crippen molar-refractivity contribution < 1.29 is 0 Å². The Hall–Kier alpha value is -0.603. The van der Waals surface area contributed by atoms with Crippen molar-refractivity contribution in [1.29, 1.82) is 0 Å². The normalized spacial score (nSPS) is 12.8. The number of halogens is 1. The van der Waals surface area contributed by atoms with E-state index in [0.717, 1.165) is 5.33 Å². The SMILES string of the molecule is Cc1c2cccccc-2c(CCCCBr)c1[Si](C)(C)C(C)(C)C. The van der Waals surface area contributed by atoms with Gasteiger partial charge < -0.3 is 0 Å². The van der Waals surface area contributed by atoms with Gasteiger partial charge in [-0.25, -0.2) is 0 Å². The molecular weight excluding hydrogens is 360 g/mol. The largest absolute Gasteiger partial charge is 0.0928 e. The fourth-order valence-electron chi connectivity index (χ4n) is 3.51. The van der Waals surface area contributed by atoms with Crippen LogP contribution >= 0.6 is 15.9 Å². The minimum Gasteiger partial charge on any atom is -0.0928 e. The van der Waals surface area contributed by atoms with Crippen LogP contribution in [0.3, 0.4) is 0 Å². The van der Waals surface area contributed by atoms with Crippen molar-refractivity contribution >= 4 is 29.2 Å². The van der Waals surface area contributed by atoms with Crippen molar-refractivity contribution in [1.82, 2.24) is 0 Å². The molecule has 0 aliphatic heterocycles. The van der Waals surface area contributed by atoms with Gasteiger partial charge in [0.2, 0.25) is 0 Å². The quantitative estimate of drug-likeness (QED) is 0.309. The lowest BCUT2D eigenvalue weighted by Crippen LogP contribution is -2.51. The van der Waals surface area contributed by atoms with E-state index < -0.39 is 8.07 Å². The molecule has 0 fully saturated rings. The van der Waals surface area contributed by atoms with Crippen LogP contribution in [0, 0.1) is 6.92 Å². The summed E-state index contributed by atoms with van der Waals surface area (Å²) in [5.74, 6) is 0. The number of hydrogen-bond acceptors (Lipinski definition) is 0. The predicted octanol–water partition coefficient (Wildman–Crippen LogP) is 6.53. The van der Waals surface area contributed by atoms with E-state index in [2.05, 4.69) is 87.1 Å². The van der Waals surface area contributed by atoms with Crippen molar-refractivity contribution in [3.8, 4) is 11.1 Å². The summed E-state index contributed by atoms with van der Waals surface area (Å²) < 4.78 is 0. The molecule has 0 saturated carbocycles. The van der Waals surface area contributed by atoms with Gasteiger partial charge in [0.15, 0.2) is 0 Å². The van der Waals surface area contributed by atoms with E-state index in [1.807, 2.05) is 0 Å². The molecule has 2 aliphatic rings. The van der Waals surface area contributed by atoms with Crippen LogP contribution in [0.4, 0.5) is 0 Å². The van der Waals surface area contributed by atoms with Crippen LogP contribution < -0.4 is 5.19 Å². The fourth-order valence-corrected chi connectivity index (χ4v) is 6.74. The minimum atomic E-state index is -1.55. The number of rotatable bonds is 5. The third-order valence-corrected chi connectivity index (χ3v) is 12.0. The highest BCUT2D eigenvalue weighted by molar-refractivity contribution is 9.09. The molecule has 0 unspecified atom stereocenters. The monoisotopic (exact) mass is 390 g/mol. The first-order valence-electron chi connectivity index (χ1n) is 8.78. The third-order valence-electron chi connectivity index (χ3n) is 5.75. The average Bonchev–Trinajstić information content (AvgIpc) is 2.63. The van der Waals surface area contributed by atoms with Gasteiger partial charge in [0.1, 0.15) is 0 Å². The molecule has 0 amide bonds. The summed E-state index contributed by atoms with van der Waals surface area (Å²) >= 11 is 3.58. The molecule has 0 heterocycles. The lowest BCUT2D eigenvalue weighted by atomic mass is 10.0. The Morgan fingerprint density at radius 3 is 2.13 bits per heavy atom. The van der Waals surface area contributed by atoms with E-state index in [0.29, 0.717) is 5.04 Å². The second kappa shape index (κ2) is 7.10. The van der Waals surface area contributed by atoms with Crippen LogP contribution in [-0.2, 0) is 6.42 Å². The van der Waals surface area contributed by atoms with E-state index in [1.165, 1.54) is 36.0 Å². The molecule has 0 bridgehead atoms. The first kappa shape index (κ1) is 18.7. The molecule has 0 saturated heterocycles. The highest BCUT2D eigenvalue weighted by atomic mass is 79.9. The van der Waals surface area contributed by atoms with E-state index in [4.69, 9.17) is 0 Å². The summed E-state index contributed by atoms with van der Waals surface area (Å²) in [4.78, 5) is 0. The molecule has 2 rings (SSSR count). The second-order valence-corrected chi connectivity index (χ2v) is 14.3. The zero-order chi connectivity index (χ0) is 17.3. The molecular formula is C21H31BrSi. The Bertz CT molecular complexity index is 637. The van der Waals surface area contributed by atoms with Crippen LogP contribution in [0.5, 0.6) is 0 Å². The Balaban J connectivity index is 2.68. The van der Waals surface area contributed by atoms with E-state index in [-0.39, 0.29) is 0 Å². The summed E-state index contributed by atoms with van der Waals surface area (Å²) in [5, 5.41) is 3.20. The molecule has 2 heteroatoms. The van der Waals surface area contributed by atoms with Crippen LogP contribution in [0.1, 0.15) is 44.7 Å². The zero-order valence-electron chi connectivity index (χ0n) is 15.6. The maximum absolute atomic E-state index is 3.58. The second-order valence-electron chi connectivity index (χ2n) is 8.24. The summed E-state index contributed by atoms with van der Waals surface area (Å²) in [7, 11) is -1.55. The van der Waals surface area contributed by atoms with Crippen molar-refractivity contribution in [3.63, 3.8) is 0 Å². The van der Waals surface area contributed by atoms with Gasteiger partial charge in [-0.15, -0.1) is 0 Å². The maximum Gasteiger partial charge on any atom is 0.0866 e. The van der Waals surface area contributed by atoms with Gasteiger partial charge in [-0.1, -0.05) is 85.3 Å². The van der Waals surface area contributed by atoms with E-state index in [1.54, 1.807) is 10.8 Å². The molecule has 0 N–H and O–H groups in total. The minimum absolute atomic E-state index is 0.370. The topological polar surface area (TPSA) is 0 Å². The molecule has 0 aromatic carbocycles. The van der Waals surface area contributed by atoms with Gasteiger partial charge in [-0.05, 0) is 53.5 Å². The van der Waals surface area contributed by atoms with Gasteiger partial charge in [-0.3, -0.25) is 0 Å². The first-order chi connectivity index (χ1) is 10.7. The Morgan fingerprint density at radius 2 is 1.57 bits per heavy atom. The molecule has 0 radical (unpaired) electrons. The summed E-state index contributed by atoms with van der Waals surface area (Å²) in [6.07, 6.45) is 3.73. The highest BCUT2D eigenvalue weighted by Crippen LogP contribution is 2.41. The van der Waals surface area contributed by atoms with Gasteiger partial charge in [0.05, 0.1) is 8.07 Å². The van der Waals surface area contributed by atoms with Gasteiger partial charge >= 0.3 is 0 Å². The van der Waals surface area contributed by atoms with Crippen molar-refractivity contribution in [2.24, 2.45) is 0 Å². The highest BCUT2D eigenvalue weighted by Gasteiger charge is 2.41. The van der Waals surface area contributed by atoms with Crippen molar-refractivity contribution in [2.45, 2.75) is 65.1 Å². The summed E-state index contributed by atoms with van der Waals surface area (Å²) in [6, 6.07) is 11.2. The predicted molar refractivity (Wildman–Crippen MR) is 111 cm³/mol. The molecule has 23 heavy (non-hydrogen) atoms. The molecule has 0 nitrogen and oxygen atoms in total. The van der Waals surface area contributed by atoms with E-state index >= 15 is 0 Å². The van der Waals surface area contributed by atoms with Gasteiger partial charge in [0, 0.05) is 5.33 Å². The Kier molecular flexibility index (Phi) is 5.79. The zero-order valence-corrected chi connectivity index (χ0v) is 18.2. The number of alkyl halides is 1. The summed E-state index contributed by atoms with van der Waals surface area (Å²) in [5.41, 5.74) is 6.13. The standard InChI is InChI=1S/C21H31BrSi/c1-16-17-12-8-7-9-13-18(17)19(14-10-11-15-22)20(16)23(5,6)21(2,3)4/h7-9,12-13H,10-11,14-15H2,1-6H3. The Labute approximate surface area is 152 Å². The van der Waals surface area contributed by atoms with Crippen LogP contribution in [0.2, 0.25) is 18.1 Å². The number of fused-ring (bicyclic) bond motifs is 1. The van der Waals surface area contributed by atoms with Gasteiger partial charge in [-0.2, -0.15) is 0 Å². The van der Waals surface area contributed by atoms with Crippen LogP contribution in [-0.4, -0.2) is 13.4 Å². The third kappa shape index (κ3) is 3.58. The average molecular weight is 391 g/mol. The molecule has 2 aliphatic carbocycles. The maximum atomic E-state index is 3.58. The molecule has 0 spiro atoms. The van der Waals surface area contributed by atoms with E-state index in [9.17, 15) is 0 Å². The van der Waals surface area contributed by atoms with Crippen LogP contribution in [0.15, 0.2) is 30.3 Å². The molecule has 0 atom stereocenters. The summed E-state index contributed by atoms with van der Waals surface area (Å²) in [6.45, 7) is 14.8. The van der Waals surface area contributed by atoms with Gasteiger partial charge in [0.25, 0.3) is 0 Å². The first-order valence-corrected chi connectivity index (χ1v) is 12.9. The smallest absolute Gasteiger partial charge is 0.0866 e. The lowest BCUT2D eigenvalue weighted by molar-refractivity contribution is 0.728. The lowest BCUT2D eigenvalue weighted by Gasteiger charge is -2.38. The number of unbranched alkanes of at least 4 members (excludes halogenated alkanes) is 1. The van der Waals surface area contributed by atoms with Crippen molar-refractivity contribution in [2.75, 3.05) is 5.33 Å². The molecule has 126 valence electrons. The number of hydrogen-bond donors (Lipinski definition) is 0.